The standard InChI is InChI=1S/C13H20N6O2S/c1-17-12-11(8-16-17)13(15-9-14-12)19-6-4-10(5-7-19)18(2)22(3,20)21/h8-10H,4-7H2,1-3H3. The van der Waals surface area contributed by atoms with E-state index in [1.54, 1.807) is 24.3 Å². The van der Waals surface area contributed by atoms with Gasteiger partial charge in [0, 0.05) is 33.2 Å². The van der Waals surface area contributed by atoms with Crippen molar-refractivity contribution >= 4 is 26.9 Å². The third kappa shape index (κ3) is 2.66. The maximum atomic E-state index is 11.6. The molecule has 9 heteroatoms. The summed E-state index contributed by atoms with van der Waals surface area (Å²) in [6, 6.07) is 0.0532. The molecule has 1 aliphatic heterocycles. The molecule has 0 saturated carbocycles. The summed E-state index contributed by atoms with van der Waals surface area (Å²) < 4.78 is 26.5. The van der Waals surface area contributed by atoms with Crippen molar-refractivity contribution in [1.29, 1.82) is 0 Å². The number of sulfonamides is 1. The van der Waals surface area contributed by atoms with Gasteiger partial charge in [-0.15, -0.1) is 0 Å². The van der Waals surface area contributed by atoms with Crippen LogP contribution in [-0.2, 0) is 17.1 Å². The summed E-state index contributed by atoms with van der Waals surface area (Å²) >= 11 is 0. The summed E-state index contributed by atoms with van der Waals surface area (Å²) in [5.74, 6) is 0.874. The van der Waals surface area contributed by atoms with Crippen LogP contribution < -0.4 is 4.90 Å². The first-order valence-corrected chi connectivity index (χ1v) is 9.03. The quantitative estimate of drug-likeness (QED) is 0.803. The van der Waals surface area contributed by atoms with E-state index >= 15 is 0 Å². The number of fused-ring (bicyclic) bond motifs is 1. The van der Waals surface area contributed by atoms with Gasteiger partial charge in [0.25, 0.3) is 0 Å². The molecule has 0 aromatic carbocycles. The Bertz CT molecular complexity index is 779. The molecule has 8 nitrogen and oxygen atoms in total. The molecule has 1 aliphatic rings. The van der Waals surface area contributed by atoms with E-state index < -0.39 is 10.0 Å². The normalized spacial score (nSPS) is 17.5. The molecule has 0 aliphatic carbocycles. The van der Waals surface area contributed by atoms with Crippen LogP contribution in [0.25, 0.3) is 11.0 Å². The number of piperidine rings is 1. The second-order valence-electron chi connectivity index (χ2n) is 5.70. The van der Waals surface area contributed by atoms with E-state index in [1.165, 1.54) is 10.6 Å². The Kier molecular flexibility index (Phi) is 3.77. The van der Waals surface area contributed by atoms with Crippen molar-refractivity contribution in [1.82, 2.24) is 24.1 Å². The van der Waals surface area contributed by atoms with Gasteiger partial charge in [0.05, 0.1) is 17.8 Å². The smallest absolute Gasteiger partial charge is 0.211 e. The number of hydrogen-bond donors (Lipinski definition) is 0. The minimum Gasteiger partial charge on any atom is -0.356 e. The number of nitrogens with zero attached hydrogens (tertiary/aromatic N) is 6. The van der Waals surface area contributed by atoms with E-state index in [0.717, 1.165) is 42.8 Å². The molecule has 1 saturated heterocycles. The highest BCUT2D eigenvalue weighted by atomic mass is 32.2. The van der Waals surface area contributed by atoms with Gasteiger partial charge >= 0.3 is 0 Å². The Labute approximate surface area is 129 Å². The maximum Gasteiger partial charge on any atom is 0.211 e. The average Bonchev–Trinajstić information content (AvgIpc) is 2.87. The van der Waals surface area contributed by atoms with Crippen LogP contribution >= 0.6 is 0 Å². The predicted molar refractivity (Wildman–Crippen MR) is 84.1 cm³/mol. The molecule has 120 valence electrons. The zero-order valence-electron chi connectivity index (χ0n) is 13.0. The van der Waals surface area contributed by atoms with Crippen LogP contribution in [0.15, 0.2) is 12.5 Å². The summed E-state index contributed by atoms with van der Waals surface area (Å²) in [4.78, 5) is 10.8. The van der Waals surface area contributed by atoms with Gasteiger partial charge < -0.3 is 4.90 Å². The minimum absolute atomic E-state index is 0.0532. The second kappa shape index (κ2) is 5.47. The number of aryl methyl sites for hydroxylation is 1. The van der Waals surface area contributed by atoms with E-state index in [4.69, 9.17) is 0 Å². The van der Waals surface area contributed by atoms with Crippen molar-refractivity contribution in [2.75, 3.05) is 31.3 Å². The number of rotatable bonds is 3. The van der Waals surface area contributed by atoms with Gasteiger partial charge in [-0.3, -0.25) is 4.68 Å². The molecule has 0 atom stereocenters. The Morgan fingerprint density at radius 1 is 1.27 bits per heavy atom. The maximum absolute atomic E-state index is 11.6. The van der Waals surface area contributed by atoms with Crippen molar-refractivity contribution < 1.29 is 8.42 Å². The van der Waals surface area contributed by atoms with Crippen molar-refractivity contribution in [2.45, 2.75) is 18.9 Å². The molecule has 3 heterocycles. The van der Waals surface area contributed by atoms with E-state index in [1.807, 2.05) is 7.05 Å². The van der Waals surface area contributed by atoms with Gasteiger partial charge in [-0.1, -0.05) is 0 Å². The number of anilines is 1. The molecule has 0 bridgehead atoms. The van der Waals surface area contributed by atoms with Crippen LogP contribution in [0.3, 0.4) is 0 Å². The monoisotopic (exact) mass is 324 g/mol. The third-order valence-corrected chi connectivity index (χ3v) is 5.65. The van der Waals surface area contributed by atoms with Crippen LogP contribution in [0, 0.1) is 0 Å². The fourth-order valence-electron chi connectivity index (χ4n) is 2.91. The van der Waals surface area contributed by atoms with Crippen molar-refractivity contribution in [2.24, 2.45) is 7.05 Å². The Morgan fingerprint density at radius 2 is 1.95 bits per heavy atom. The fourth-order valence-corrected chi connectivity index (χ4v) is 3.67. The Hall–Kier alpha value is -1.74. The molecule has 2 aromatic rings. The van der Waals surface area contributed by atoms with Crippen molar-refractivity contribution in [3.8, 4) is 0 Å². The van der Waals surface area contributed by atoms with Crippen molar-refractivity contribution in [3.63, 3.8) is 0 Å². The molecular weight excluding hydrogens is 304 g/mol. The average molecular weight is 324 g/mol. The van der Waals surface area contributed by atoms with Crippen LogP contribution in [0.5, 0.6) is 0 Å². The fraction of sp³-hybridized carbons (Fsp3) is 0.615. The lowest BCUT2D eigenvalue weighted by Gasteiger charge is -2.36. The summed E-state index contributed by atoms with van der Waals surface area (Å²) in [6.07, 6.45) is 6.15. The second-order valence-corrected chi connectivity index (χ2v) is 7.74. The summed E-state index contributed by atoms with van der Waals surface area (Å²) in [5, 5.41) is 5.16. The van der Waals surface area contributed by atoms with Gasteiger partial charge in [0.2, 0.25) is 10.0 Å². The van der Waals surface area contributed by atoms with Crippen LogP contribution in [0.1, 0.15) is 12.8 Å². The van der Waals surface area contributed by atoms with Crippen molar-refractivity contribution in [3.05, 3.63) is 12.5 Å². The Morgan fingerprint density at radius 3 is 2.59 bits per heavy atom. The molecule has 0 N–H and O–H groups in total. The first kappa shape index (κ1) is 15.2. The largest absolute Gasteiger partial charge is 0.356 e. The highest BCUT2D eigenvalue weighted by Crippen LogP contribution is 2.26. The van der Waals surface area contributed by atoms with E-state index in [-0.39, 0.29) is 6.04 Å². The topological polar surface area (TPSA) is 84.2 Å². The summed E-state index contributed by atoms with van der Waals surface area (Å²) in [7, 11) is 0.366. The molecule has 0 amide bonds. The lowest BCUT2D eigenvalue weighted by Crippen LogP contribution is -2.45. The molecule has 0 unspecified atom stereocenters. The van der Waals surface area contributed by atoms with Gasteiger partial charge in [0.15, 0.2) is 5.65 Å². The van der Waals surface area contributed by atoms with Crippen LogP contribution in [0.4, 0.5) is 5.82 Å². The highest BCUT2D eigenvalue weighted by Gasteiger charge is 2.28. The molecule has 0 radical (unpaired) electrons. The molecule has 2 aromatic heterocycles. The minimum atomic E-state index is -3.14. The molecule has 0 spiro atoms. The summed E-state index contributed by atoms with van der Waals surface area (Å²) in [5.41, 5.74) is 0.806. The van der Waals surface area contributed by atoms with E-state index in [2.05, 4.69) is 20.0 Å². The molecular formula is C13H20N6O2S. The van der Waals surface area contributed by atoms with Gasteiger partial charge in [-0.25, -0.2) is 22.7 Å². The third-order valence-electron chi connectivity index (χ3n) is 4.31. The number of hydrogen-bond acceptors (Lipinski definition) is 6. The Balaban J connectivity index is 1.79. The lowest BCUT2D eigenvalue weighted by atomic mass is 10.1. The molecule has 3 rings (SSSR count). The van der Waals surface area contributed by atoms with Gasteiger partial charge in [0.1, 0.15) is 12.1 Å². The van der Waals surface area contributed by atoms with Crippen LogP contribution in [0.2, 0.25) is 0 Å². The zero-order valence-corrected chi connectivity index (χ0v) is 13.8. The number of aromatic nitrogens is 4. The first-order chi connectivity index (χ1) is 10.4. The molecule has 22 heavy (non-hydrogen) atoms. The van der Waals surface area contributed by atoms with Crippen LogP contribution in [-0.4, -0.2) is 64.9 Å². The van der Waals surface area contributed by atoms with E-state index in [0.29, 0.717) is 0 Å². The predicted octanol–water partition coefficient (Wildman–Crippen LogP) is 0.223. The zero-order chi connectivity index (χ0) is 15.9. The first-order valence-electron chi connectivity index (χ1n) is 7.18. The lowest BCUT2D eigenvalue weighted by molar-refractivity contribution is 0.313. The van der Waals surface area contributed by atoms with E-state index in [9.17, 15) is 8.42 Å². The highest BCUT2D eigenvalue weighted by molar-refractivity contribution is 7.88. The molecule has 1 fully saturated rings. The van der Waals surface area contributed by atoms with Gasteiger partial charge in [-0.2, -0.15) is 5.10 Å². The summed E-state index contributed by atoms with van der Waals surface area (Å²) in [6.45, 7) is 1.54. The SMILES string of the molecule is CN(C1CCN(c2ncnc3c2cnn3C)CC1)S(C)(=O)=O. The van der Waals surface area contributed by atoms with Gasteiger partial charge in [-0.05, 0) is 12.8 Å².